The zero-order chi connectivity index (χ0) is 60.5. The van der Waals surface area contributed by atoms with Crippen LogP contribution in [0.5, 0.6) is 0 Å². The van der Waals surface area contributed by atoms with Crippen molar-refractivity contribution in [1.29, 1.82) is 0 Å². The summed E-state index contributed by atoms with van der Waals surface area (Å²) >= 11 is 0. The lowest BCUT2D eigenvalue weighted by molar-refractivity contribution is -0.870. The number of quaternary nitrogens is 1. The number of hydrogen-bond donors (Lipinski definition) is 1. The van der Waals surface area contributed by atoms with Gasteiger partial charge in [0, 0.05) is 12.8 Å². The summed E-state index contributed by atoms with van der Waals surface area (Å²) in [6.45, 7) is 4.64. The summed E-state index contributed by atoms with van der Waals surface area (Å²) < 4.78 is 22.9. The topological polar surface area (TPSA) is 108 Å². The van der Waals surface area contributed by atoms with Gasteiger partial charge < -0.3 is 28.5 Å². The van der Waals surface area contributed by atoms with Crippen molar-refractivity contribution in [3.63, 3.8) is 0 Å². The smallest absolute Gasteiger partial charge is 0.361 e. The summed E-state index contributed by atoms with van der Waals surface area (Å²) in [5, 5.41) is 9.73. The molecule has 0 aromatic rings. The van der Waals surface area contributed by atoms with Crippen molar-refractivity contribution in [3.05, 3.63) is 134 Å². The molecule has 83 heavy (non-hydrogen) atoms. The molecule has 0 radical (unpaired) electrons. The van der Waals surface area contributed by atoms with Gasteiger partial charge in [0.05, 0.1) is 34.4 Å². The van der Waals surface area contributed by atoms with E-state index in [9.17, 15) is 19.5 Å². The number of ether oxygens (including phenoxy) is 4. The van der Waals surface area contributed by atoms with E-state index in [2.05, 4.69) is 148 Å². The van der Waals surface area contributed by atoms with Crippen molar-refractivity contribution in [3.8, 4) is 0 Å². The van der Waals surface area contributed by atoms with Crippen LogP contribution >= 0.6 is 0 Å². The van der Waals surface area contributed by atoms with Crippen LogP contribution in [0.4, 0.5) is 0 Å². The summed E-state index contributed by atoms with van der Waals surface area (Å²) in [6.07, 6.45) is 88.3. The van der Waals surface area contributed by atoms with E-state index in [-0.39, 0.29) is 38.6 Å². The van der Waals surface area contributed by atoms with E-state index in [1.165, 1.54) is 103 Å². The number of aliphatic carboxylic acids is 1. The zero-order valence-electron chi connectivity index (χ0n) is 53.8. The van der Waals surface area contributed by atoms with Gasteiger partial charge in [-0.25, -0.2) is 4.79 Å². The first kappa shape index (κ1) is 78.4. The number of carboxylic acid groups (broad SMARTS) is 1. The lowest BCUT2D eigenvalue weighted by Crippen LogP contribution is -2.40. The molecule has 2 atom stereocenters. The van der Waals surface area contributed by atoms with E-state index in [0.717, 1.165) is 122 Å². The average Bonchev–Trinajstić information content (AvgIpc) is 3.46. The van der Waals surface area contributed by atoms with E-state index >= 15 is 0 Å². The molecule has 0 aromatic heterocycles. The lowest BCUT2D eigenvalue weighted by Gasteiger charge is -2.25. The zero-order valence-corrected chi connectivity index (χ0v) is 53.8. The summed E-state index contributed by atoms with van der Waals surface area (Å²) in [7, 11) is 5.97. The van der Waals surface area contributed by atoms with Gasteiger partial charge in [-0.1, -0.05) is 270 Å². The third-order valence-electron chi connectivity index (χ3n) is 13.9. The van der Waals surface area contributed by atoms with E-state index in [1.807, 2.05) is 21.1 Å². The van der Waals surface area contributed by atoms with Crippen LogP contribution in [-0.2, 0) is 33.3 Å². The van der Waals surface area contributed by atoms with Crippen molar-refractivity contribution in [2.45, 2.75) is 270 Å². The number of nitrogens with zero attached hydrogens (tertiary/aromatic N) is 1. The standard InChI is InChI=1S/C74H123NO8/c1-6-8-10-12-14-16-18-20-22-24-26-28-29-30-31-32-33-34-35-36-37-38-39-40-41-42-43-45-47-49-51-53-55-57-59-61-63-65-72(77)83-70(69-82-74(73(78)79)80-67-66-75(3,4)5)68-81-71(76)64-62-60-58-56-54-52-50-48-46-44-27-25-23-21-19-17-15-13-11-9-7-2/h8-11,14-17,20-23,26-28,30-31,33-34,36-37,44,70,74H,6-7,12-13,18-19,24-25,29,32,35,38-43,45-69H2,1-5H3/p+1/b10-8-,11-9-,16-14-,17-15-,22-20-,23-21-,28-26-,31-30-,34-33-,37-36-,44-27-. The van der Waals surface area contributed by atoms with Crippen LogP contribution in [0, 0.1) is 0 Å². The van der Waals surface area contributed by atoms with E-state index in [0.29, 0.717) is 17.4 Å². The van der Waals surface area contributed by atoms with Gasteiger partial charge in [0.15, 0.2) is 6.10 Å². The molecule has 0 amide bonds. The van der Waals surface area contributed by atoms with Crippen LogP contribution in [0.25, 0.3) is 0 Å². The maximum absolute atomic E-state index is 12.9. The fraction of sp³-hybridized carbons (Fsp3) is 0.662. The highest BCUT2D eigenvalue weighted by molar-refractivity contribution is 5.71. The number of carbonyl (C=O) groups excluding carboxylic acids is 2. The number of carbonyl (C=O) groups is 3. The number of unbranched alkanes of at least 4 members (excludes halogenated alkanes) is 23. The molecule has 0 saturated heterocycles. The molecule has 0 bridgehead atoms. The Morgan fingerprint density at radius 2 is 0.651 bits per heavy atom. The predicted molar refractivity (Wildman–Crippen MR) is 354 cm³/mol. The second kappa shape index (κ2) is 63.5. The van der Waals surface area contributed by atoms with Crippen molar-refractivity contribution >= 4 is 17.9 Å². The summed E-state index contributed by atoms with van der Waals surface area (Å²) in [5.41, 5.74) is 0. The second-order valence-electron chi connectivity index (χ2n) is 23.0. The Labute approximate surface area is 509 Å². The highest BCUT2D eigenvalue weighted by atomic mass is 16.7. The number of carboxylic acids is 1. The van der Waals surface area contributed by atoms with Crippen molar-refractivity contribution in [2.75, 3.05) is 47.5 Å². The fourth-order valence-electron chi connectivity index (χ4n) is 8.87. The number of allylic oxidation sites excluding steroid dienone is 22. The predicted octanol–water partition coefficient (Wildman–Crippen LogP) is 20.6. The highest BCUT2D eigenvalue weighted by Gasteiger charge is 2.25. The molecule has 0 aliphatic rings. The quantitative estimate of drug-likeness (QED) is 0.0211. The molecule has 0 rings (SSSR count). The molecular formula is C74H124NO8+. The molecule has 0 aliphatic carbocycles. The first-order chi connectivity index (χ1) is 40.6. The van der Waals surface area contributed by atoms with Gasteiger partial charge in [0.2, 0.25) is 0 Å². The van der Waals surface area contributed by atoms with Crippen LogP contribution in [0.1, 0.15) is 258 Å². The summed E-state index contributed by atoms with van der Waals surface area (Å²) in [6, 6.07) is 0. The first-order valence-corrected chi connectivity index (χ1v) is 33.3. The molecule has 0 aliphatic heterocycles. The Hall–Kier alpha value is -4.57. The van der Waals surface area contributed by atoms with Crippen LogP contribution in [0.3, 0.4) is 0 Å². The second-order valence-corrected chi connectivity index (χ2v) is 23.0. The van der Waals surface area contributed by atoms with Gasteiger partial charge in [0.1, 0.15) is 13.2 Å². The minimum absolute atomic E-state index is 0.181. The summed E-state index contributed by atoms with van der Waals surface area (Å²) in [4.78, 5) is 37.6. The Bertz CT molecular complexity index is 1820. The number of rotatable bonds is 60. The Balaban J connectivity index is 4.13. The van der Waals surface area contributed by atoms with Gasteiger partial charge >= 0.3 is 17.9 Å². The molecule has 2 unspecified atom stereocenters. The van der Waals surface area contributed by atoms with Crippen LogP contribution in [0.2, 0.25) is 0 Å². The fourth-order valence-corrected chi connectivity index (χ4v) is 8.87. The van der Waals surface area contributed by atoms with E-state index in [1.54, 1.807) is 0 Å². The van der Waals surface area contributed by atoms with Gasteiger partial charge in [-0.2, -0.15) is 0 Å². The Morgan fingerprint density at radius 3 is 0.964 bits per heavy atom. The van der Waals surface area contributed by atoms with Crippen LogP contribution < -0.4 is 0 Å². The van der Waals surface area contributed by atoms with Crippen molar-refractivity contribution in [2.24, 2.45) is 0 Å². The van der Waals surface area contributed by atoms with E-state index in [4.69, 9.17) is 18.9 Å². The number of likely N-dealkylation sites (N-methyl/N-ethyl adjacent to an activating group) is 1. The normalized spacial score (nSPS) is 13.6. The lowest BCUT2D eigenvalue weighted by atomic mass is 10.0. The largest absolute Gasteiger partial charge is 0.477 e. The number of esters is 2. The maximum Gasteiger partial charge on any atom is 0.361 e. The highest BCUT2D eigenvalue weighted by Crippen LogP contribution is 2.16. The van der Waals surface area contributed by atoms with Crippen molar-refractivity contribution in [1.82, 2.24) is 0 Å². The molecule has 9 nitrogen and oxygen atoms in total. The maximum atomic E-state index is 12.9. The monoisotopic (exact) mass is 1150 g/mol. The number of hydrogen-bond acceptors (Lipinski definition) is 7. The van der Waals surface area contributed by atoms with Gasteiger partial charge in [-0.15, -0.1) is 0 Å². The molecule has 0 aromatic carbocycles. The van der Waals surface area contributed by atoms with Crippen LogP contribution in [0.15, 0.2) is 134 Å². The third-order valence-corrected chi connectivity index (χ3v) is 13.9. The van der Waals surface area contributed by atoms with Crippen molar-refractivity contribution < 1.29 is 42.9 Å². The minimum atomic E-state index is -1.52. The van der Waals surface area contributed by atoms with Gasteiger partial charge in [-0.3, -0.25) is 9.59 Å². The molecular weight excluding hydrogens is 1030 g/mol. The molecule has 0 saturated carbocycles. The minimum Gasteiger partial charge on any atom is -0.477 e. The van der Waals surface area contributed by atoms with E-state index < -0.39 is 24.3 Å². The molecule has 0 fully saturated rings. The Kier molecular flexibility index (Phi) is 60.0. The van der Waals surface area contributed by atoms with Gasteiger partial charge in [0.25, 0.3) is 6.29 Å². The third kappa shape index (κ3) is 64.8. The average molecular weight is 1160 g/mol. The molecule has 9 heteroatoms. The molecule has 0 heterocycles. The van der Waals surface area contributed by atoms with Gasteiger partial charge in [-0.05, 0) is 109 Å². The SMILES string of the molecule is CC/C=C\C/C=C\C/C=C\C/C=C\C/C=C\C/C=C\C/C=C\CCCCCCCCCCCCCCCCCC(=O)OC(COC(=O)CCCCCCCCCC/C=C\C/C=C\C/C=C\C/C=C\CC)COC(OCC[N+](C)(C)C)C(=O)O. The van der Waals surface area contributed by atoms with Crippen LogP contribution in [-0.4, -0.2) is 87.4 Å². The Morgan fingerprint density at radius 1 is 0.361 bits per heavy atom. The molecule has 472 valence electrons. The molecule has 1 N–H and O–H groups in total. The summed E-state index contributed by atoms with van der Waals surface area (Å²) in [5.74, 6) is -2.02. The first-order valence-electron chi connectivity index (χ1n) is 33.3. The molecule has 0 spiro atoms.